The number of carbonyl (C=O) groups excluding carboxylic acids is 3. The van der Waals surface area contributed by atoms with Gasteiger partial charge in [-0.2, -0.15) is 0 Å². The number of benzene rings is 1. The third-order valence-corrected chi connectivity index (χ3v) is 11.9. The predicted octanol–water partition coefficient (Wildman–Crippen LogP) is -2.64. The summed E-state index contributed by atoms with van der Waals surface area (Å²) in [6.45, 7) is -0.221. The average Bonchev–Trinajstić information content (AvgIpc) is 3.71. The molecule has 0 spiro atoms. The lowest BCUT2D eigenvalue weighted by Gasteiger charge is -2.36. The molecule has 0 radical (unpaired) electrons. The molecule has 31 heteroatoms. The van der Waals surface area contributed by atoms with Crippen LogP contribution < -0.4 is 35.9 Å². The molecule has 0 aliphatic carbocycles. The lowest BCUT2D eigenvalue weighted by atomic mass is 9.87. The van der Waals surface area contributed by atoms with Crippen molar-refractivity contribution < 1.29 is 85.4 Å². The summed E-state index contributed by atoms with van der Waals surface area (Å²) in [5, 5.41) is 36.5. The van der Waals surface area contributed by atoms with Crippen molar-refractivity contribution in [1.29, 1.82) is 0 Å². The van der Waals surface area contributed by atoms with Crippen molar-refractivity contribution in [3.8, 4) is 0 Å². The molecule has 1 aliphatic rings. The zero-order valence-corrected chi connectivity index (χ0v) is 34.0. The molecule has 2 unspecified atom stereocenters. The molecular formula is C28H35N8O19P3S-4. The van der Waals surface area contributed by atoms with Gasteiger partial charge in [0.25, 0.3) is 21.3 Å². The number of anilines is 1. The first-order valence-electron chi connectivity index (χ1n) is 16.6. The molecule has 0 bridgehead atoms. The van der Waals surface area contributed by atoms with Crippen LogP contribution in [0.1, 0.15) is 36.9 Å². The highest BCUT2D eigenvalue weighted by Crippen LogP contribution is 2.56. The molecule has 1 aliphatic heterocycles. The molecule has 3 aromatic rings. The third kappa shape index (κ3) is 13.6. The number of nitrogens with one attached hydrogen (secondary N) is 2. The lowest BCUT2D eigenvalue weighted by Crippen LogP contribution is -2.46. The number of aromatic nitrogens is 4. The molecule has 1 aromatic carbocycles. The van der Waals surface area contributed by atoms with E-state index < -0.39 is 89.5 Å². The zero-order valence-electron chi connectivity index (χ0n) is 30.5. The number of nitrogen functional groups attached to an aromatic ring is 1. The first-order valence-corrected chi connectivity index (χ1v) is 22.0. The molecule has 7 atom stereocenters. The molecule has 1 saturated heterocycles. The highest BCUT2D eigenvalue weighted by Gasteiger charge is 2.47. The molecule has 0 saturated carbocycles. The van der Waals surface area contributed by atoms with Gasteiger partial charge in [-0.25, -0.2) is 19.3 Å². The highest BCUT2D eigenvalue weighted by atomic mass is 32.2. The number of imidazole rings is 1. The SMILES string of the molecule is CC(C)(COP(=O)([O-])OP(=O)([O-])OC[C@H]1O[C@@H](n2cnc3c(N)ncnc32)[C@H](O)[C@@H]1OP(=O)([O-])[O-])[C@@H](O)C(=O)NCCC(=O)NCCSC(=O)c1ccc([N+](=O)[O-])cc1. The summed E-state index contributed by atoms with van der Waals surface area (Å²) in [6, 6.07) is 4.96. The maximum atomic E-state index is 12.5. The summed E-state index contributed by atoms with van der Waals surface area (Å²) in [6.07, 6.45) is -7.80. The van der Waals surface area contributed by atoms with Crippen LogP contribution in [0.4, 0.5) is 11.5 Å². The summed E-state index contributed by atoms with van der Waals surface area (Å²) < 4.78 is 60.4. The van der Waals surface area contributed by atoms with Crippen molar-refractivity contribution in [3.05, 3.63) is 52.6 Å². The molecule has 2 amide bonds. The first kappa shape index (κ1) is 47.9. The molecule has 59 heavy (non-hydrogen) atoms. The van der Waals surface area contributed by atoms with Crippen LogP contribution in [0, 0.1) is 15.5 Å². The number of ether oxygens (including phenoxy) is 1. The van der Waals surface area contributed by atoms with Gasteiger partial charge in [-0.1, -0.05) is 25.6 Å². The van der Waals surface area contributed by atoms with Crippen molar-refractivity contribution in [2.24, 2.45) is 5.41 Å². The van der Waals surface area contributed by atoms with Gasteiger partial charge in [-0.3, -0.25) is 38.2 Å². The van der Waals surface area contributed by atoms with Crippen LogP contribution in [0.15, 0.2) is 36.9 Å². The number of fused-ring (bicyclic) bond motifs is 1. The number of nitrogens with two attached hydrogens (primary N) is 1. The quantitative estimate of drug-likeness (QED) is 0.0315. The fraction of sp³-hybridized carbons (Fsp3) is 0.500. The normalized spacial score (nSPS) is 21.0. The van der Waals surface area contributed by atoms with Gasteiger partial charge in [0.1, 0.15) is 36.3 Å². The van der Waals surface area contributed by atoms with Crippen LogP contribution in [0.2, 0.25) is 0 Å². The van der Waals surface area contributed by atoms with E-state index in [1.54, 1.807) is 0 Å². The Morgan fingerprint density at radius 3 is 2.36 bits per heavy atom. The summed E-state index contributed by atoms with van der Waals surface area (Å²) in [5.41, 5.74) is 4.04. The summed E-state index contributed by atoms with van der Waals surface area (Å²) in [4.78, 5) is 106. The van der Waals surface area contributed by atoms with Gasteiger partial charge in [-0.15, -0.1) is 0 Å². The first-order chi connectivity index (χ1) is 27.4. The number of aliphatic hydroxyl groups excluding tert-OH is 2. The number of rotatable bonds is 21. The molecule has 3 heterocycles. The van der Waals surface area contributed by atoms with E-state index in [-0.39, 0.29) is 58.6 Å². The van der Waals surface area contributed by atoms with E-state index in [2.05, 4.69) is 43.5 Å². The monoisotopic (exact) mass is 912 g/mol. The van der Waals surface area contributed by atoms with Gasteiger partial charge in [0, 0.05) is 48.4 Å². The zero-order chi connectivity index (χ0) is 43.9. The second-order valence-corrected chi connectivity index (χ2v) is 18.1. The number of aliphatic hydroxyl groups is 2. The molecule has 4 rings (SSSR count). The van der Waals surface area contributed by atoms with E-state index >= 15 is 0 Å². The van der Waals surface area contributed by atoms with Crippen LogP contribution in [-0.2, 0) is 45.9 Å². The number of phosphoric ester groups is 3. The molecule has 1 fully saturated rings. The molecule has 6 N–H and O–H groups in total. The molecule has 27 nitrogen and oxygen atoms in total. The summed E-state index contributed by atoms with van der Waals surface area (Å²) in [7, 11) is -17.7. The van der Waals surface area contributed by atoms with Gasteiger partial charge >= 0.3 is 0 Å². The smallest absolute Gasteiger partial charge is 0.274 e. The highest BCUT2D eigenvalue weighted by molar-refractivity contribution is 8.14. The van der Waals surface area contributed by atoms with Crippen LogP contribution in [0.3, 0.4) is 0 Å². The summed E-state index contributed by atoms with van der Waals surface area (Å²) >= 11 is 0.856. The number of amides is 2. The van der Waals surface area contributed by atoms with Crippen LogP contribution >= 0.6 is 35.2 Å². The van der Waals surface area contributed by atoms with Crippen LogP contribution in [0.25, 0.3) is 11.2 Å². The van der Waals surface area contributed by atoms with Crippen LogP contribution in [0.5, 0.6) is 0 Å². The Hall–Kier alpha value is -3.82. The minimum Gasteiger partial charge on any atom is -0.790 e. The standard InChI is InChI=1S/C28H39N8O19P3S/c1-28(2,22(39)25(40)31-8-7-18(37)30-9-10-59-27(41)15-3-5-16(6-4-15)36(42)43)12-52-58(49,50)55-57(47,48)51-11-17-21(54-56(44,45)46)20(38)26(53-17)35-14-34-19-23(29)32-13-33-24(19)35/h3-6,13-14,17,20-22,26,38-39H,7-12H2,1-2H3,(H,30,37)(H,31,40)(H,47,48)(H,49,50)(H2,29,32,33)(H2,44,45,46)/p-4/t17-,20-,21-,22+,26-/m1/s1. The number of non-ortho nitro benzene ring substituents is 1. The fourth-order valence-electron chi connectivity index (χ4n) is 5.05. The van der Waals surface area contributed by atoms with Crippen molar-refractivity contribution in [3.63, 3.8) is 0 Å². The average molecular weight is 913 g/mol. The van der Waals surface area contributed by atoms with Crippen molar-refractivity contribution in [1.82, 2.24) is 30.2 Å². The second-order valence-electron chi connectivity index (χ2n) is 12.9. The van der Waals surface area contributed by atoms with Gasteiger partial charge in [0.15, 0.2) is 17.7 Å². The number of hydrogen-bond acceptors (Lipinski definition) is 24. The fourth-order valence-corrected chi connectivity index (χ4v) is 8.48. The van der Waals surface area contributed by atoms with Gasteiger partial charge in [-0.05, 0) is 12.1 Å². The van der Waals surface area contributed by atoms with E-state index in [1.807, 2.05) is 0 Å². The number of thioether (sulfide) groups is 1. The molecule has 326 valence electrons. The Labute approximate surface area is 336 Å². The number of carbonyl (C=O) groups is 3. The largest absolute Gasteiger partial charge is 0.790 e. The van der Waals surface area contributed by atoms with E-state index in [0.29, 0.717) is 0 Å². The summed E-state index contributed by atoms with van der Waals surface area (Å²) in [5.74, 6) is -1.54. The third-order valence-electron chi connectivity index (χ3n) is 8.02. The Bertz CT molecular complexity index is 2160. The predicted molar refractivity (Wildman–Crippen MR) is 191 cm³/mol. The molecule has 2 aromatic heterocycles. The topological polar surface area (TPSA) is 418 Å². The number of nitrogens with zero attached hydrogens (tertiary/aromatic N) is 5. The Morgan fingerprint density at radius 2 is 1.71 bits per heavy atom. The number of nitro benzene ring substituents is 1. The van der Waals surface area contributed by atoms with E-state index in [4.69, 9.17) is 10.5 Å². The maximum absolute atomic E-state index is 12.5. The van der Waals surface area contributed by atoms with Gasteiger partial charge in [0.2, 0.25) is 16.9 Å². The minimum atomic E-state index is -5.94. The van der Waals surface area contributed by atoms with Crippen molar-refractivity contribution in [2.75, 3.05) is 37.8 Å². The van der Waals surface area contributed by atoms with E-state index in [1.165, 1.54) is 38.1 Å². The Kier molecular flexibility index (Phi) is 16.0. The van der Waals surface area contributed by atoms with Crippen molar-refractivity contribution in [2.45, 2.75) is 50.9 Å². The number of phosphoric acid groups is 3. The van der Waals surface area contributed by atoms with Gasteiger partial charge < -0.3 is 69.0 Å². The maximum Gasteiger partial charge on any atom is 0.274 e. The Morgan fingerprint density at radius 1 is 1.05 bits per heavy atom. The lowest BCUT2D eigenvalue weighted by molar-refractivity contribution is -0.384. The molecular weight excluding hydrogens is 877 g/mol. The van der Waals surface area contributed by atoms with E-state index in [0.717, 1.165) is 29.0 Å². The number of nitro groups is 1. The Balaban J connectivity index is 1.21. The minimum absolute atomic E-state index is 0.0307. The van der Waals surface area contributed by atoms with Crippen molar-refractivity contribution >= 4 is 74.8 Å². The second kappa shape index (κ2) is 19.7. The number of hydrogen-bond donors (Lipinski definition) is 5. The van der Waals surface area contributed by atoms with E-state index in [9.17, 15) is 68.0 Å². The van der Waals surface area contributed by atoms with Crippen LogP contribution in [-0.4, -0.2) is 108 Å². The van der Waals surface area contributed by atoms with Gasteiger partial charge in [0.05, 0.1) is 32.3 Å².